The highest BCUT2D eigenvalue weighted by Gasteiger charge is 2.52. The summed E-state index contributed by atoms with van der Waals surface area (Å²) < 4.78 is 39.1. The molecule has 1 aliphatic rings. The average molecular weight is 574 g/mol. The highest BCUT2D eigenvalue weighted by atomic mass is 32.2. The van der Waals surface area contributed by atoms with Gasteiger partial charge in [-0.05, 0) is 113 Å². The molecule has 1 unspecified atom stereocenters. The topological polar surface area (TPSA) is 72.9 Å². The Hall–Kier alpha value is -2.38. The number of hydrogen-bond donors (Lipinski definition) is 0. The summed E-state index contributed by atoms with van der Waals surface area (Å²) >= 11 is 0. The number of rotatable bonds is 11. The number of ether oxygens (including phenoxy) is 2. The fourth-order valence-corrected chi connectivity index (χ4v) is 6.89. The predicted molar refractivity (Wildman–Crippen MR) is 164 cm³/mol. The lowest BCUT2D eigenvalue weighted by Crippen LogP contribution is -2.55. The van der Waals surface area contributed by atoms with Gasteiger partial charge in [0.05, 0.1) is 22.3 Å². The van der Waals surface area contributed by atoms with E-state index in [1.807, 2.05) is 67.5 Å². The summed E-state index contributed by atoms with van der Waals surface area (Å²) in [4.78, 5) is 15.2. The molecule has 0 spiro atoms. The van der Waals surface area contributed by atoms with E-state index < -0.39 is 32.0 Å². The molecule has 0 N–H and O–H groups in total. The number of sulfone groups is 1. The van der Waals surface area contributed by atoms with E-state index in [9.17, 15) is 13.2 Å². The van der Waals surface area contributed by atoms with Crippen molar-refractivity contribution in [3.63, 3.8) is 0 Å². The number of carbonyl (C=O) groups is 1. The molecule has 1 amide bonds. The van der Waals surface area contributed by atoms with Crippen LogP contribution < -0.4 is 0 Å². The van der Waals surface area contributed by atoms with E-state index in [4.69, 9.17) is 9.47 Å². The van der Waals surface area contributed by atoms with Gasteiger partial charge in [0.1, 0.15) is 11.3 Å². The molecule has 0 aromatic heterocycles. The van der Waals surface area contributed by atoms with Crippen molar-refractivity contribution < 1.29 is 22.7 Å². The van der Waals surface area contributed by atoms with Gasteiger partial charge in [-0.3, -0.25) is 4.90 Å². The fourth-order valence-electron chi connectivity index (χ4n) is 5.11. The first kappa shape index (κ1) is 33.8. The summed E-state index contributed by atoms with van der Waals surface area (Å²) in [5.41, 5.74) is 1.40. The van der Waals surface area contributed by atoms with Crippen molar-refractivity contribution in [1.82, 2.24) is 4.90 Å². The average Bonchev–Trinajstić information content (AvgIpc) is 3.06. The van der Waals surface area contributed by atoms with Gasteiger partial charge in [-0.25, -0.2) is 13.2 Å². The molecule has 40 heavy (non-hydrogen) atoms. The van der Waals surface area contributed by atoms with Crippen LogP contribution in [0.1, 0.15) is 101 Å². The minimum absolute atomic E-state index is 0.340. The molecule has 1 heterocycles. The summed E-state index contributed by atoms with van der Waals surface area (Å²) in [7, 11) is -3.56. The summed E-state index contributed by atoms with van der Waals surface area (Å²) in [6, 6.07) is 8.69. The lowest BCUT2D eigenvalue weighted by molar-refractivity contribution is -0.0683. The Kier molecular flexibility index (Phi) is 11.4. The molecule has 0 bridgehead atoms. The summed E-state index contributed by atoms with van der Waals surface area (Å²) in [5, 5.41) is -0.652. The first-order chi connectivity index (χ1) is 18.4. The predicted octanol–water partition coefficient (Wildman–Crippen LogP) is 8.40. The third-order valence-corrected chi connectivity index (χ3v) is 9.15. The quantitative estimate of drug-likeness (QED) is 0.249. The van der Waals surface area contributed by atoms with Crippen LogP contribution in [0.2, 0.25) is 0 Å². The minimum Gasteiger partial charge on any atom is -0.444 e. The van der Waals surface area contributed by atoms with Gasteiger partial charge in [-0.15, -0.1) is 0 Å². The molecular weight excluding hydrogens is 522 g/mol. The number of nitrogens with zero attached hydrogens (tertiary/aromatic N) is 1. The van der Waals surface area contributed by atoms with Crippen LogP contribution in [-0.2, 0) is 19.3 Å². The van der Waals surface area contributed by atoms with Crippen LogP contribution in [0.15, 0.2) is 70.2 Å². The molecule has 1 aliphatic heterocycles. The highest BCUT2D eigenvalue weighted by Crippen LogP contribution is 2.39. The molecule has 6 nitrogen and oxygen atoms in total. The Morgan fingerprint density at radius 1 is 1.02 bits per heavy atom. The van der Waals surface area contributed by atoms with E-state index in [1.165, 1.54) is 5.57 Å². The molecule has 0 saturated carbocycles. The van der Waals surface area contributed by atoms with Crippen LogP contribution in [0.3, 0.4) is 0 Å². The van der Waals surface area contributed by atoms with Crippen LogP contribution >= 0.6 is 0 Å². The molecule has 224 valence electrons. The second-order valence-corrected chi connectivity index (χ2v) is 15.2. The zero-order valence-corrected chi connectivity index (χ0v) is 27.2. The number of allylic oxidation sites excluding steroid dienone is 5. The number of hydrogen-bond acceptors (Lipinski definition) is 5. The van der Waals surface area contributed by atoms with E-state index in [0.29, 0.717) is 30.8 Å². The van der Waals surface area contributed by atoms with E-state index in [1.54, 1.807) is 29.2 Å². The largest absolute Gasteiger partial charge is 0.444 e. The molecule has 0 radical (unpaired) electrons. The van der Waals surface area contributed by atoms with Gasteiger partial charge in [-0.1, -0.05) is 53.1 Å². The van der Waals surface area contributed by atoms with Crippen molar-refractivity contribution in [2.75, 3.05) is 6.61 Å². The maximum absolute atomic E-state index is 13.7. The van der Waals surface area contributed by atoms with Gasteiger partial charge >= 0.3 is 6.09 Å². The van der Waals surface area contributed by atoms with Gasteiger partial charge in [0.2, 0.25) is 0 Å². The number of amides is 1. The Labute approximate surface area is 243 Å². The lowest BCUT2D eigenvalue weighted by atomic mass is 9.93. The number of benzene rings is 1. The Morgan fingerprint density at radius 2 is 1.65 bits per heavy atom. The van der Waals surface area contributed by atoms with Crippen LogP contribution in [0.4, 0.5) is 4.79 Å². The molecule has 0 aliphatic carbocycles. The van der Waals surface area contributed by atoms with Crippen molar-refractivity contribution in [1.29, 1.82) is 0 Å². The molecular formula is C33H51NO5S. The van der Waals surface area contributed by atoms with Crippen molar-refractivity contribution in [2.45, 2.75) is 128 Å². The first-order valence-corrected chi connectivity index (χ1v) is 15.8. The summed E-state index contributed by atoms with van der Waals surface area (Å²) in [5.74, 6) is 0. The molecule has 2 atom stereocenters. The molecule has 7 heteroatoms. The first-order valence-electron chi connectivity index (χ1n) is 14.3. The molecule has 1 aromatic carbocycles. The van der Waals surface area contributed by atoms with Crippen LogP contribution in [0.25, 0.3) is 0 Å². The van der Waals surface area contributed by atoms with Gasteiger partial charge in [0, 0.05) is 0 Å². The van der Waals surface area contributed by atoms with E-state index in [-0.39, 0.29) is 6.09 Å². The van der Waals surface area contributed by atoms with Crippen molar-refractivity contribution in [3.05, 3.63) is 65.3 Å². The van der Waals surface area contributed by atoms with Gasteiger partial charge in [-0.2, -0.15) is 0 Å². The maximum Gasteiger partial charge on any atom is 0.413 e. The van der Waals surface area contributed by atoms with E-state index in [2.05, 4.69) is 26.0 Å². The standard InChI is InChI=1S/C33H51NO5S/c1-25(2)16-14-17-26(3)22-29(40(36,37)28-19-12-11-13-20-28)23-27(4)18-15-21-33(10)24-38-32(8,9)34(33)30(35)39-31(5,6)7/h11-13,16,18-20,22,29H,14-15,17,21,23-24H2,1-10H3/b26-22+,27-18+/t29?,33-/m0/s1. The highest BCUT2D eigenvalue weighted by molar-refractivity contribution is 7.92. The summed E-state index contributed by atoms with van der Waals surface area (Å²) in [6.07, 6.45) is 9.29. The molecule has 2 rings (SSSR count). The monoisotopic (exact) mass is 573 g/mol. The van der Waals surface area contributed by atoms with E-state index in [0.717, 1.165) is 24.0 Å². The van der Waals surface area contributed by atoms with Gasteiger partial charge in [0.15, 0.2) is 9.84 Å². The Bertz CT molecular complexity index is 1200. The zero-order chi connectivity index (χ0) is 30.4. The third-order valence-electron chi connectivity index (χ3n) is 7.12. The Morgan fingerprint density at radius 3 is 2.23 bits per heavy atom. The van der Waals surface area contributed by atoms with Crippen LogP contribution in [0, 0.1) is 0 Å². The second-order valence-electron chi connectivity index (χ2n) is 13.1. The smallest absolute Gasteiger partial charge is 0.413 e. The van der Waals surface area contributed by atoms with Crippen LogP contribution in [-0.4, -0.2) is 48.1 Å². The molecule has 1 aromatic rings. The lowest BCUT2D eigenvalue weighted by Gasteiger charge is -2.40. The summed E-state index contributed by atoms with van der Waals surface area (Å²) in [6.45, 7) is 19.9. The van der Waals surface area contributed by atoms with Crippen LogP contribution in [0.5, 0.6) is 0 Å². The fraction of sp³-hybridized carbons (Fsp3) is 0.606. The minimum atomic E-state index is -3.56. The van der Waals surface area contributed by atoms with Gasteiger partial charge in [0.25, 0.3) is 0 Å². The van der Waals surface area contributed by atoms with Crippen molar-refractivity contribution >= 4 is 15.9 Å². The Balaban J connectivity index is 2.24. The molecule has 1 fully saturated rings. The van der Waals surface area contributed by atoms with Gasteiger partial charge < -0.3 is 9.47 Å². The second kappa shape index (κ2) is 13.5. The normalized spacial score (nSPS) is 20.8. The van der Waals surface area contributed by atoms with Crippen molar-refractivity contribution in [3.8, 4) is 0 Å². The SMILES string of the molecule is CC(C)=CCC/C(C)=C/C(C/C(C)=C/CC[C@@]1(C)COC(C)(C)N1C(=O)OC(C)(C)C)S(=O)(=O)c1ccccc1. The molecule has 1 saturated heterocycles. The van der Waals surface area contributed by atoms with E-state index >= 15 is 0 Å². The third kappa shape index (κ3) is 9.62. The maximum atomic E-state index is 13.7. The van der Waals surface area contributed by atoms with Crippen molar-refractivity contribution in [2.24, 2.45) is 0 Å². The zero-order valence-electron chi connectivity index (χ0n) is 26.3. The number of carbonyl (C=O) groups excluding carboxylic acids is 1.